The Labute approximate surface area is 89.5 Å². The van der Waals surface area contributed by atoms with E-state index in [4.69, 9.17) is 16.2 Å². The molecule has 0 saturated heterocycles. The number of furan rings is 1. The van der Waals surface area contributed by atoms with Crippen molar-refractivity contribution in [2.24, 2.45) is 0 Å². The zero-order chi connectivity index (χ0) is 10.3. The van der Waals surface area contributed by atoms with Gasteiger partial charge in [-0.05, 0) is 49.6 Å². The maximum atomic E-state index is 5.65. The summed E-state index contributed by atoms with van der Waals surface area (Å²) >= 11 is 5.65. The van der Waals surface area contributed by atoms with Gasteiger partial charge in [0.2, 0.25) is 0 Å². The van der Waals surface area contributed by atoms with Gasteiger partial charge in [-0.1, -0.05) is 11.8 Å². The molecule has 0 fully saturated rings. The molecule has 0 spiro atoms. The van der Waals surface area contributed by atoms with E-state index in [1.165, 1.54) is 16.5 Å². The molecular weight excluding hydrogens is 211 g/mol. The van der Waals surface area contributed by atoms with Crippen LogP contribution in [0.5, 0.6) is 0 Å². The molecule has 0 aliphatic carbocycles. The van der Waals surface area contributed by atoms with Gasteiger partial charge in [0, 0.05) is 11.4 Å². The number of allylic oxidation sites excluding steroid dienone is 2. The summed E-state index contributed by atoms with van der Waals surface area (Å²) in [6.07, 6.45) is 1.71. The van der Waals surface area contributed by atoms with E-state index in [1.54, 1.807) is 6.26 Å². The Morgan fingerprint density at radius 1 is 1.36 bits per heavy atom. The molecule has 1 aliphatic rings. The van der Waals surface area contributed by atoms with E-state index in [0.717, 1.165) is 5.76 Å². The van der Waals surface area contributed by atoms with Gasteiger partial charge in [0.15, 0.2) is 0 Å². The average Bonchev–Trinajstić information content (AvgIpc) is 2.60. The second-order valence-corrected chi connectivity index (χ2v) is 8.71. The van der Waals surface area contributed by atoms with Crippen LogP contribution in [0, 0.1) is 0 Å². The van der Waals surface area contributed by atoms with E-state index in [2.05, 4.69) is 26.3 Å². The third-order valence-corrected chi connectivity index (χ3v) is 5.77. The summed E-state index contributed by atoms with van der Waals surface area (Å²) in [6.45, 7) is 6.40. The largest absolute Gasteiger partial charge is 0.464 e. The van der Waals surface area contributed by atoms with Crippen LogP contribution in [0.3, 0.4) is 0 Å². The number of hydrogen-bond donors (Lipinski definition) is 0. The SMILES string of the molecule is CC1=CP(C)(=S)C(c2ccco2)=C1C. The van der Waals surface area contributed by atoms with E-state index in [-0.39, 0.29) is 0 Å². The van der Waals surface area contributed by atoms with Gasteiger partial charge in [0.05, 0.1) is 6.26 Å². The molecule has 0 bridgehead atoms. The number of hydrogen-bond acceptors (Lipinski definition) is 2. The van der Waals surface area contributed by atoms with E-state index in [9.17, 15) is 0 Å². The lowest BCUT2D eigenvalue weighted by Crippen LogP contribution is -1.81. The van der Waals surface area contributed by atoms with E-state index in [1.807, 2.05) is 12.1 Å². The highest BCUT2D eigenvalue weighted by Gasteiger charge is 2.26. The summed E-state index contributed by atoms with van der Waals surface area (Å²) < 4.78 is 5.44. The molecule has 0 radical (unpaired) electrons. The van der Waals surface area contributed by atoms with Gasteiger partial charge in [-0.15, -0.1) is 0 Å². The van der Waals surface area contributed by atoms with Crippen LogP contribution in [0.2, 0.25) is 0 Å². The molecule has 2 heterocycles. The molecule has 3 heteroatoms. The lowest BCUT2D eigenvalue weighted by atomic mass is 10.1. The summed E-state index contributed by atoms with van der Waals surface area (Å²) in [5.74, 6) is 3.18. The lowest BCUT2D eigenvalue weighted by molar-refractivity contribution is 0.555. The van der Waals surface area contributed by atoms with E-state index >= 15 is 0 Å². The van der Waals surface area contributed by atoms with E-state index in [0.29, 0.717) is 0 Å². The highest BCUT2D eigenvalue weighted by atomic mass is 32.4. The first-order valence-electron chi connectivity index (χ1n) is 4.55. The zero-order valence-electron chi connectivity index (χ0n) is 8.57. The molecule has 0 N–H and O–H groups in total. The first-order chi connectivity index (χ1) is 6.52. The van der Waals surface area contributed by atoms with Crippen LogP contribution in [0.1, 0.15) is 19.6 Å². The van der Waals surface area contributed by atoms with Crippen molar-refractivity contribution in [3.63, 3.8) is 0 Å². The maximum Gasteiger partial charge on any atom is 0.135 e. The minimum atomic E-state index is -1.50. The molecule has 0 saturated carbocycles. The quantitative estimate of drug-likeness (QED) is 0.668. The van der Waals surface area contributed by atoms with Gasteiger partial charge in [-0.3, -0.25) is 0 Å². The molecular formula is C11H13OPS. The predicted octanol–water partition coefficient (Wildman–Crippen LogP) is 4.04. The Morgan fingerprint density at radius 3 is 2.50 bits per heavy atom. The molecule has 74 valence electrons. The van der Waals surface area contributed by atoms with Crippen LogP contribution in [-0.4, -0.2) is 6.66 Å². The Hall–Kier alpha value is -0.590. The smallest absolute Gasteiger partial charge is 0.135 e. The molecule has 1 nitrogen and oxygen atoms in total. The van der Waals surface area contributed by atoms with Crippen molar-refractivity contribution in [2.45, 2.75) is 13.8 Å². The van der Waals surface area contributed by atoms with Crippen molar-refractivity contribution in [3.05, 3.63) is 41.1 Å². The van der Waals surface area contributed by atoms with Crippen LogP contribution >= 0.6 is 6.04 Å². The third-order valence-electron chi connectivity index (χ3n) is 2.59. The summed E-state index contributed by atoms with van der Waals surface area (Å²) in [4.78, 5) is 0. The fourth-order valence-corrected chi connectivity index (χ4v) is 5.49. The van der Waals surface area contributed by atoms with Gasteiger partial charge in [0.25, 0.3) is 0 Å². The van der Waals surface area contributed by atoms with Gasteiger partial charge < -0.3 is 4.42 Å². The van der Waals surface area contributed by atoms with Gasteiger partial charge >= 0.3 is 0 Å². The number of rotatable bonds is 1. The van der Waals surface area contributed by atoms with Gasteiger partial charge in [0.1, 0.15) is 5.76 Å². The van der Waals surface area contributed by atoms with Crippen molar-refractivity contribution in [3.8, 4) is 0 Å². The molecule has 14 heavy (non-hydrogen) atoms. The first-order valence-corrected chi connectivity index (χ1v) is 7.86. The zero-order valence-corrected chi connectivity index (χ0v) is 10.3. The van der Waals surface area contributed by atoms with Crippen molar-refractivity contribution < 1.29 is 4.42 Å². The lowest BCUT2D eigenvalue weighted by Gasteiger charge is -2.11. The van der Waals surface area contributed by atoms with Crippen LogP contribution in [0.25, 0.3) is 5.31 Å². The molecule has 0 aromatic carbocycles. The first kappa shape index (κ1) is 9.95. The fourth-order valence-electron chi connectivity index (χ4n) is 1.87. The molecule has 1 unspecified atom stereocenters. The Morgan fingerprint density at radius 2 is 2.07 bits per heavy atom. The molecule has 1 aliphatic heterocycles. The van der Waals surface area contributed by atoms with Crippen molar-refractivity contribution in [2.75, 3.05) is 6.66 Å². The fraction of sp³-hybridized carbons (Fsp3) is 0.273. The maximum absolute atomic E-state index is 5.65. The topological polar surface area (TPSA) is 13.1 Å². The molecule has 1 aromatic rings. The highest BCUT2D eigenvalue weighted by molar-refractivity contribution is 8.20. The molecule has 2 rings (SSSR count). The van der Waals surface area contributed by atoms with E-state index < -0.39 is 6.04 Å². The van der Waals surface area contributed by atoms with Crippen molar-refractivity contribution in [1.29, 1.82) is 0 Å². The van der Waals surface area contributed by atoms with Crippen LogP contribution < -0.4 is 0 Å². The summed E-state index contributed by atoms with van der Waals surface area (Å²) in [5.41, 5.74) is 2.60. The third kappa shape index (κ3) is 1.43. The standard InChI is InChI=1S/C11H13OPS/c1-8-7-13(3,14)11(9(8)2)10-5-4-6-12-10/h4-7H,1-3H3. The van der Waals surface area contributed by atoms with Crippen molar-refractivity contribution >= 4 is 23.2 Å². The summed E-state index contributed by atoms with van der Waals surface area (Å²) in [6, 6.07) is 2.41. The van der Waals surface area contributed by atoms with Gasteiger partial charge in [-0.2, -0.15) is 0 Å². The molecule has 0 amide bonds. The highest BCUT2D eigenvalue weighted by Crippen LogP contribution is 2.64. The Balaban J connectivity index is 2.62. The minimum Gasteiger partial charge on any atom is -0.464 e. The second-order valence-electron chi connectivity index (χ2n) is 3.75. The second kappa shape index (κ2) is 3.22. The van der Waals surface area contributed by atoms with Crippen LogP contribution in [0.15, 0.2) is 39.8 Å². The molecule has 1 atom stereocenters. The monoisotopic (exact) mass is 224 g/mol. The molecule has 1 aromatic heterocycles. The summed E-state index contributed by atoms with van der Waals surface area (Å²) in [5, 5.41) is 1.25. The predicted molar refractivity (Wildman–Crippen MR) is 65.3 cm³/mol. The van der Waals surface area contributed by atoms with Crippen molar-refractivity contribution in [1.82, 2.24) is 0 Å². The van der Waals surface area contributed by atoms with Gasteiger partial charge in [-0.25, -0.2) is 0 Å². The average molecular weight is 224 g/mol. The normalized spacial score (nSPS) is 26.9. The Kier molecular flexibility index (Phi) is 2.29. The summed E-state index contributed by atoms with van der Waals surface area (Å²) in [7, 11) is 0. The van der Waals surface area contributed by atoms with Crippen LogP contribution in [0.4, 0.5) is 0 Å². The van der Waals surface area contributed by atoms with Crippen LogP contribution in [-0.2, 0) is 11.8 Å². The minimum absolute atomic E-state index is 0.946. The Bertz CT molecular complexity index is 465.